The summed E-state index contributed by atoms with van der Waals surface area (Å²) in [6, 6.07) is 3.48. The van der Waals surface area contributed by atoms with Crippen molar-refractivity contribution in [2.45, 2.75) is 0 Å². The minimum absolute atomic E-state index is 0.575. The van der Waals surface area contributed by atoms with Crippen LogP contribution in [0.25, 0.3) is 10.9 Å². The van der Waals surface area contributed by atoms with Crippen molar-refractivity contribution in [3.8, 4) is 5.75 Å². The average molecular weight is 288 g/mol. The molecule has 0 spiro atoms. The molecule has 0 atom stereocenters. The number of nitrogens with zero attached hydrogens (tertiary/aromatic N) is 1. The van der Waals surface area contributed by atoms with Crippen molar-refractivity contribution in [2.24, 2.45) is 0 Å². The van der Waals surface area contributed by atoms with Gasteiger partial charge in [0.05, 0.1) is 17.3 Å². The van der Waals surface area contributed by atoms with E-state index in [4.69, 9.17) is 22.1 Å². The summed E-state index contributed by atoms with van der Waals surface area (Å²) in [6.45, 7) is 0. The molecule has 0 aliphatic rings. The first kappa shape index (κ1) is 10.5. The standard InChI is InChI=1S/C10H8BrClN2O/c1-15-8-3-5(12)2-6-9(13)7(11)4-14-10(6)8/h2-4H,1H3,(H2,13,14). The van der Waals surface area contributed by atoms with Crippen LogP contribution in [0.3, 0.4) is 0 Å². The van der Waals surface area contributed by atoms with Crippen LogP contribution in [0.4, 0.5) is 5.69 Å². The number of ether oxygens (including phenoxy) is 1. The number of nitrogen functional groups attached to an aromatic ring is 1. The van der Waals surface area contributed by atoms with Crippen LogP contribution in [-0.4, -0.2) is 12.1 Å². The van der Waals surface area contributed by atoms with Crippen LogP contribution in [0.15, 0.2) is 22.8 Å². The fourth-order valence-corrected chi connectivity index (χ4v) is 1.91. The number of benzene rings is 1. The summed E-state index contributed by atoms with van der Waals surface area (Å²) in [4.78, 5) is 4.24. The van der Waals surface area contributed by atoms with E-state index in [0.717, 1.165) is 9.86 Å². The van der Waals surface area contributed by atoms with Crippen molar-refractivity contribution in [1.82, 2.24) is 4.98 Å². The number of hydrogen-bond donors (Lipinski definition) is 1. The van der Waals surface area contributed by atoms with Gasteiger partial charge in [-0.2, -0.15) is 0 Å². The third-order valence-corrected chi connectivity index (χ3v) is 2.96. The average Bonchev–Trinajstić information content (AvgIpc) is 2.23. The minimum Gasteiger partial charge on any atom is -0.494 e. The Hall–Kier alpha value is -1.00. The van der Waals surface area contributed by atoms with E-state index in [2.05, 4.69) is 20.9 Å². The van der Waals surface area contributed by atoms with Crippen LogP contribution in [-0.2, 0) is 0 Å². The van der Waals surface area contributed by atoms with Crippen LogP contribution < -0.4 is 10.5 Å². The van der Waals surface area contributed by atoms with Gasteiger partial charge in [-0.3, -0.25) is 4.98 Å². The summed E-state index contributed by atoms with van der Waals surface area (Å²) < 4.78 is 5.93. The zero-order valence-corrected chi connectivity index (χ0v) is 10.3. The van der Waals surface area contributed by atoms with E-state index < -0.39 is 0 Å². The van der Waals surface area contributed by atoms with E-state index in [1.54, 1.807) is 25.4 Å². The van der Waals surface area contributed by atoms with Gasteiger partial charge in [-0.25, -0.2) is 0 Å². The summed E-state index contributed by atoms with van der Waals surface area (Å²) in [7, 11) is 1.57. The maximum Gasteiger partial charge on any atom is 0.146 e. The highest BCUT2D eigenvalue weighted by atomic mass is 79.9. The maximum atomic E-state index is 5.95. The summed E-state index contributed by atoms with van der Waals surface area (Å²) in [6.07, 6.45) is 1.65. The molecular weight excluding hydrogens is 279 g/mol. The van der Waals surface area contributed by atoms with Crippen LogP contribution in [0.2, 0.25) is 5.02 Å². The zero-order valence-electron chi connectivity index (χ0n) is 7.92. The molecule has 3 nitrogen and oxygen atoms in total. The van der Waals surface area contributed by atoms with Crippen LogP contribution >= 0.6 is 27.5 Å². The molecule has 5 heteroatoms. The van der Waals surface area contributed by atoms with E-state index in [9.17, 15) is 0 Å². The maximum absolute atomic E-state index is 5.95. The highest BCUT2D eigenvalue weighted by molar-refractivity contribution is 9.10. The van der Waals surface area contributed by atoms with Gasteiger partial charge in [0.15, 0.2) is 0 Å². The highest BCUT2D eigenvalue weighted by Crippen LogP contribution is 2.34. The molecule has 78 valence electrons. The van der Waals surface area contributed by atoms with E-state index in [-0.39, 0.29) is 0 Å². The molecule has 0 saturated heterocycles. The van der Waals surface area contributed by atoms with E-state index in [1.165, 1.54) is 0 Å². The Labute approximate surface area is 100 Å². The second kappa shape index (κ2) is 3.87. The van der Waals surface area contributed by atoms with Gasteiger partial charge in [0.1, 0.15) is 11.3 Å². The third kappa shape index (κ3) is 1.75. The molecule has 0 aliphatic carbocycles. The Bertz CT molecular complexity index is 530. The predicted molar refractivity (Wildman–Crippen MR) is 65.4 cm³/mol. The van der Waals surface area contributed by atoms with Gasteiger partial charge in [0.2, 0.25) is 0 Å². The lowest BCUT2D eigenvalue weighted by Crippen LogP contribution is -1.94. The largest absolute Gasteiger partial charge is 0.494 e. The molecule has 2 N–H and O–H groups in total. The smallest absolute Gasteiger partial charge is 0.146 e. The monoisotopic (exact) mass is 286 g/mol. The third-order valence-electron chi connectivity index (χ3n) is 2.11. The van der Waals surface area contributed by atoms with Crippen molar-refractivity contribution < 1.29 is 4.74 Å². The molecule has 0 amide bonds. The Morgan fingerprint density at radius 3 is 2.87 bits per heavy atom. The molecule has 0 unspecified atom stereocenters. The lowest BCUT2D eigenvalue weighted by molar-refractivity contribution is 0.419. The summed E-state index contributed by atoms with van der Waals surface area (Å²) in [5.41, 5.74) is 7.23. The second-order valence-corrected chi connectivity index (χ2v) is 4.31. The van der Waals surface area contributed by atoms with Gasteiger partial charge in [0.25, 0.3) is 0 Å². The van der Waals surface area contributed by atoms with Gasteiger partial charge in [-0.15, -0.1) is 0 Å². The van der Waals surface area contributed by atoms with Crippen LogP contribution in [0, 0.1) is 0 Å². The Kier molecular flexibility index (Phi) is 2.71. The summed E-state index contributed by atoms with van der Waals surface area (Å²) in [5.74, 6) is 0.622. The SMILES string of the molecule is COc1cc(Cl)cc2c(N)c(Br)cnc12. The first-order chi connectivity index (χ1) is 7.13. The number of rotatable bonds is 1. The first-order valence-electron chi connectivity index (χ1n) is 4.20. The lowest BCUT2D eigenvalue weighted by Gasteiger charge is -2.08. The van der Waals surface area contributed by atoms with E-state index >= 15 is 0 Å². The molecule has 1 heterocycles. The highest BCUT2D eigenvalue weighted by Gasteiger charge is 2.09. The number of anilines is 1. The van der Waals surface area contributed by atoms with Crippen LogP contribution in [0.5, 0.6) is 5.75 Å². The summed E-state index contributed by atoms with van der Waals surface area (Å²) in [5, 5.41) is 1.36. The molecule has 0 fully saturated rings. The minimum atomic E-state index is 0.575. The van der Waals surface area contributed by atoms with E-state index in [1.807, 2.05) is 0 Å². The topological polar surface area (TPSA) is 48.1 Å². The van der Waals surface area contributed by atoms with Crippen LogP contribution in [0.1, 0.15) is 0 Å². The molecule has 0 radical (unpaired) electrons. The number of methoxy groups -OCH3 is 1. The quantitative estimate of drug-likeness (QED) is 0.876. The first-order valence-corrected chi connectivity index (χ1v) is 5.38. The predicted octanol–water partition coefficient (Wildman–Crippen LogP) is 3.24. The van der Waals surface area contributed by atoms with Gasteiger partial charge < -0.3 is 10.5 Å². The fraction of sp³-hybridized carbons (Fsp3) is 0.100. The number of halogens is 2. The van der Waals surface area contributed by atoms with E-state index in [0.29, 0.717) is 22.0 Å². The van der Waals surface area contributed by atoms with Crippen molar-refractivity contribution in [2.75, 3.05) is 12.8 Å². The Balaban J connectivity index is 2.89. The number of fused-ring (bicyclic) bond motifs is 1. The lowest BCUT2D eigenvalue weighted by atomic mass is 10.2. The Morgan fingerprint density at radius 2 is 2.20 bits per heavy atom. The molecule has 15 heavy (non-hydrogen) atoms. The second-order valence-electron chi connectivity index (χ2n) is 3.02. The van der Waals surface area contributed by atoms with Crippen molar-refractivity contribution in [3.05, 3.63) is 27.8 Å². The number of pyridine rings is 1. The molecular formula is C10H8BrClN2O. The fourth-order valence-electron chi connectivity index (χ4n) is 1.39. The molecule has 1 aromatic heterocycles. The van der Waals surface area contributed by atoms with Gasteiger partial charge >= 0.3 is 0 Å². The molecule has 0 aliphatic heterocycles. The Morgan fingerprint density at radius 1 is 1.47 bits per heavy atom. The molecule has 1 aromatic carbocycles. The molecule has 2 rings (SSSR count). The molecule has 0 bridgehead atoms. The number of aromatic nitrogens is 1. The van der Waals surface area contributed by atoms with Crippen molar-refractivity contribution >= 4 is 44.1 Å². The normalized spacial score (nSPS) is 10.6. The van der Waals surface area contributed by atoms with Gasteiger partial charge in [0, 0.05) is 22.7 Å². The number of hydrogen-bond acceptors (Lipinski definition) is 3. The number of nitrogens with two attached hydrogens (primary N) is 1. The van der Waals surface area contributed by atoms with Crippen molar-refractivity contribution in [3.63, 3.8) is 0 Å². The van der Waals surface area contributed by atoms with Gasteiger partial charge in [-0.05, 0) is 22.0 Å². The molecule has 2 aromatic rings. The van der Waals surface area contributed by atoms with Gasteiger partial charge in [-0.1, -0.05) is 11.6 Å². The molecule has 0 saturated carbocycles. The zero-order chi connectivity index (χ0) is 11.0. The summed E-state index contributed by atoms with van der Waals surface area (Å²) >= 11 is 9.26. The van der Waals surface area contributed by atoms with Crippen molar-refractivity contribution in [1.29, 1.82) is 0 Å².